The summed E-state index contributed by atoms with van der Waals surface area (Å²) in [4.78, 5) is 23.1. The van der Waals surface area contributed by atoms with Crippen LogP contribution in [0.1, 0.15) is 32.4 Å². The Morgan fingerprint density at radius 2 is 1.00 bits per heavy atom. The second kappa shape index (κ2) is 12.1. The van der Waals surface area contributed by atoms with Crippen LogP contribution in [0.15, 0.2) is 57.5 Å². The minimum Gasteiger partial charge on any atom is -0.291 e. The molecule has 0 spiro atoms. The predicted octanol–water partition coefficient (Wildman–Crippen LogP) is 5.83. The summed E-state index contributed by atoms with van der Waals surface area (Å²) in [6.07, 6.45) is 0. The fraction of sp³-hybridized carbons (Fsp3) is 0.182. The highest BCUT2D eigenvalue weighted by molar-refractivity contribution is 9.11. The van der Waals surface area contributed by atoms with Crippen LogP contribution in [0.25, 0.3) is 11.4 Å². The van der Waals surface area contributed by atoms with E-state index in [2.05, 4.69) is 84.3 Å². The lowest BCUT2D eigenvalue weighted by Crippen LogP contribution is -2.04. The first kappa shape index (κ1) is 26.6. The van der Waals surface area contributed by atoms with Crippen LogP contribution in [-0.4, -0.2) is 52.2 Å². The van der Waals surface area contributed by atoms with Crippen LogP contribution >= 0.6 is 63.7 Å². The third kappa shape index (κ3) is 6.15. The van der Waals surface area contributed by atoms with Gasteiger partial charge in [-0.25, -0.2) is 9.36 Å². The number of rotatable bonds is 6. The van der Waals surface area contributed by atoms with E-state index in [1.54, 1.807) is 9.36 Å². The molecule has 2 aromatic carbocycles. The van der Waals surface area contributed by atoms with E-state index >= 15 is 0 Å². The van der Waals surface area contributed by atoms with Crippen molar-refractivity contribution in [2.24, 2.45) is 0 Å². The van der Waals surface area contributed by atoms with Crippen LogP contribution in [0.5, 0.6) is 0 Å². The smallest absolute Gasteiger partial charge is 0.195 e. The molecule has 2 heterocycles. The average molecular weight is 718 g/mol. The van der Waals surface area contributed by atoms with E-state index in [4.69, 9.17) is 0 Å². The van der Waals surface area contributed by atoms with Crippen molar-refractivity contribution in [3.05, 3.63) is 80.3 Å². The number of hydrogen-bond donors (Lipinski definition) is 0. The molecule has 0 atom stereocenters. The summed E-state index contributed by atoms with van der Waals surface area (Å²) in [5, 5.41) is 16.3. The van der Waals surface area contributed by atoms with Gasteiger partial charge in [-0.05, 0) is 62.4 Å². The van der Waals surface area contributed by atoms with Gasteiger partial charge in [-0.3, -0.25) is 9.59 Å². The van der Waals surface area contributed by atoms with E-state index in [1.165, 1.54) is 0 Å². The molecule has 0 aliphatic carbocycles. The Balaban J connectivity index is 0.000000191. The average Bonchev–Trinajstić information content (AvgIpc) is 3.42. The van der Waals surface area contributed by atoms with E-state index in [-0.39, 0.29) is 22.2 Å². The van der Waals surface area contributed by atoms with Crippen molar-refractivity contribution >= 4 is 75.3 Å². The lowest BCUT2D eigenvalue weighted by molar-refractivity contribution is 0.101. The number of aromatic nitrogens is 6. The molecule has 4 aromatic rings. The number of halogens is 4. The van der Waals surface area contributed by atoms with Crippen LogP contribution in [0.3, 0.4) is 0 Å². The van der Waals surface area contributed by atoms with Crippen molar-refractivity contribution in [1.29, 1.82) is 0 Å². The molecule has 0 fully saturated rings. The van der Waals surface area contributed by atoms with Gasteiger partial charge in [0.05, 0.1) is 33.4 Å². The van der Waals surface area contributed by atoms with Crippen LogP contribution in [0.4, 0.5) is 0 Å². The first-order chi connectivity index (χ1) is 16.3. The van der Waals surface area contributed by atoms with E-state index in [9.17, 15) is 9.59 Å². The van der Waals surface area contributed by atoms with Gasteiger partial charge < -0.3 is 0 Å². The van der Waals surface area contributed by atoms with Gasteiger partial charge in [0.25, 0.3) is 0 Å². The summed E-state index contributed by atoms with van der Waals surface area (Å²) < 4.78 is 5.30. The van der Waals surface area contributed by atoms with E-state index < -0.39 is 0 Å². The van der Waals surface area contributed by atoms with Gasteiger partial charge >= 0.3 is 0 Å². The second-order valence-corrected chi connectivity index (χ2v) is 9.89. The molecule has 0 amide bonds. The number of ketones is 2. The first-order valence-electron chi connectivity index (χ1n) is 9.81. The van der Waals surface area contributed by atoms with Crippen LogP contribution < -0.4 is 0 Å². The summed E-state index contributed by atoms with van der Waals surface area (Å²) in [6, 6.07) is 15.3. The SMILES string of the molecule is Cc1c(C(=O)CBr)nnn1-c1ccc(Br)cc1.Cc1c(C(=O)CBr)nnn1-c1ccc(Br)cc1. The molecular weight excluding hydrogens is 700 g/mol. The Morgan fingerprint density at radius 1 is 0.676 bits per heavy atom. The molecule has 0 bridgehead atoms. The Hall–Kier alpha value is -2.02. The zero-order chi connectivity index (χ0) is 24.8. The lowest BCUT2D eigenvalue weighted by Gasteiger charge is -2.03. The van der Waals surface area contributed by atoms with E-state index in [1.807, 2.05) is 62.4 Å². The molecule has 0 saturated heterocycles. The highest BCUT2D eigenvalue weighted by Crippen LogP contribution is 2.17. The monoisotopic (exact) mass is 714 g/mol. The molecule has 34 heavy (non-hydrogen) atoms. The van der Waals surface area contributed by atoms with Gasteiger partial charge in [0, 0.05) is 8.95 Å². The second-order valence-electron chi connectivity index (χ2n) is 6.94. The van der Waals surface area contributed by atoms with Gasteiger partial charge in [0.15, 0.2) is 23.0 Å². The zero-order valence-electron chi connectivity index (χ0n) is 18.0. The number of benzene rings is 2. The maximum Gasteiger partial charge on any atom is 0.195 e. The van der Waals surface area contributed by atoms with E-state index in [0.717, 1.165) is 31.7 Å². The number of hydrogen-bond acceptors (Lipinski definition) is 6. The van der Waals surface area contributed by atoms with Crippen molar-refractivity contribution in [3.8, 4) is 11.4 Å². The first-order valence-corrected chi connectivity index (χ1v) is 13.6. The fourth-order valence-corrected chi connectivity index (χ4v) is 4.02. The Morgan fingerprint density at radius 3 is 1.29 bits per heavy atom. The predicted molar refractivity (Wildman–Crippen MR) is 144 cm³/mol. The molecule has 0 aliphatic rings. The highest BCUT2D eigenvalue weighted by atomic mass is 79.9. The number of alkyl halides is 2. The summed E-state index contributed by atoms with van der Waals surface area (Å²) >= 11 is 13.0. The van der Waals surface area contributed by atoms with Gasteiger partial charge in [-0.1, -0.05) is 74.1 Å². The lowest BCUT2D eigenvalue weighted by atomic mass is 10.2. The largest absolute Gasteiger partial charge is 0.291 e. The number of nitrogens with zero attached hydrogens (tertiary/aromatic N) is 6. The molecule has 0 N–H and O–H groups in total. The molecule has 0 saturated carbocycles. The number of Topliss-reactive ketones (excluding diaryl/α,β-unsaturated/α-hetero) is 2. The fourth-order valence-electron chi connectivity index (χ4n) is 2.96. The molecule has 12 heteroatoms. The van der Waals surface area contributed by atoms with Crippen LogP contribution in [-0.2, 0) is 0 Å². The van der Waals surface area contributed by atoms with Gasteiger partial charge in [0.1, 0.15) is 0 Å². The minimum absolute atomic E-state index is 0.0640. The summed E-state index contributed by atoms with van der Waals surface area (Å²) in [6.45, 7) is 3.66. The summed E-state index contributed by atoms with van der Waals surface area (Å²) in [5.74, 6) is -0.128. The van der Waals surface area contributed by atoms with Gasteiger partial charge in [0.2, 0.25) is 0 Å². The van der Waals surface area contributed by atoms with E-state index in [0.29, 0.717) is 11.4 Å². The Labute approximate surface area is 229 Å². The topological polar surface area (TPSA) is 95.6 Å². The Kier molecular flexibility index (Phi) is 9.46. The molecular formula is C22H18Br4N6O2. The van der Waals surface area contributed by atoms with Crippen molar-refractivity contribution < 1.29 is 9.59 Å². The number of carbonyl (C=O) groups is 2. The molecule has 176 valence electrons. The van der Waals surface area contributed by atoms with Crippen molar-refractivity contribution in [2.75, 3.05) is 10.7 Å². The van der Waals surface area contributed by atoms with Crippen LogP contribution in [0, 0.1) is 13.8 Å². The molecule has 8 nitrogen and oxygen atoms in total. The highest BCUT2D eigenvalue weighted by Gasteiger charge is 2.17. The van der Waals surface area contributed by atoms with Crippen molar-refractivity contribution in [3.63, 3.8) is 0 Å². The molecule has 0 aliphatic heterocycles. The van der Waals surface area contributed by atoms with Gasteiger partial charge in [-0.15, -0.1) is 10.2 Å². The molecule has 0 unspecified atom stereocenters. The van der Waals surface area contributed by atoms with Gasteiger partial charge in [-0.2, -0.15) is 0 Å². The molecule has 0 radical (unpaired) electrons. The normalized spacial score (nSPS) is 10.5. The van der Waals surface area contributed by atoms with Crippen LogP contribution in [0.2, 0.25) is 0 Å². The number of carbonyl (C=O) groups excluding carboxylic acids is 2. The van der Waals surface area contributed by atoms with Crippen molar-refractivity contribution in [1.82, 2.24) is 30.0 Å². The standard InChI is InChI=1S/2C11H9Br2N3O/c2*1-7-11(10(17)6-12)14-15-16(7)9-4-2-8(13)3-5-9/h2*2-5H,6H2,1H3. The molecule has 2 aromatic heterocycles. The summed E-state index contributed by atoms with van der Waals surface area (Å²) in [5.41, 5.74) is 4.07. The zero-order valence-corrected chi connectivity index (χ0v) is 24.4. The third-order valence-electron chi connectivity index (χ3n) is 4.70. The summed E-state index contributed by atoms with van der Waals surface area (Å²) in [7, 11) is 0. The maximum atomic E-state index is 11.6. The maximum absolute atomic E-state index is 11.6. The Bertz CT molecular complexity index is 1200. The van der Waals surface area contributed by atoms with Crippen molar-refractivity contribution in [2.45, 2.75) is 13.8 Å². The molecule has 4 rings (SSSR count). The minimum atomic E-state index is -0.0640. The quantitative estimate of drug-likeness (QED) is 0.184. The third-order valence-corrected chi connectivity index (χ3v) is 6.78.